The van der Waals surface area contributed by atoms with E-state index in [1.807, 2.05) is 66.9 Å². The van der Waals surface area contributed by atoms with Gasteiger partial charge in [-0.3, -0.25) is 4.90 Å². The maximum Gasteiger partial charge on any atom is 0.321 e. The molecule has 12 nitrogen and oxygen atoms in total. The van der Waals surface area contributed by atoms with E-state index in [0.29, 0.717) is 13.2 Å². The number of benzene rings is 2. The van der Waals surface area contributed by atoms with E-state index in [4.69, 9.17) is 19.4 Å². The fourth-order valence-corrected chi connectivity index (χ4v) is 8.00. The fraction of sp³-hybridized carbons (Fsp3) is 0.462. The number of aromatic nitrogens is 4. The van der Waals surface area contributed by atoms with Crippen molar-refractivity contribution in [2.75, 3.05) is 37.5 Å². The van der Waals surface area contributed by atoms with E-state index < -0.39 is 0 Å². The van der Waals surface area contributed by atoms with Gasteiger partial charge in [-0.1, -0.05) is 37.1 Å². The normalized spacial score (nSPS) is 13.5. The van der Waals surface area contributed by atoms with Crippen LogP contribution < -0.4 is 25.0 Å². The molecular weight excluding hydrogens is 801 g/mol. The SMILES string of the molecule is CC(C)N=C=O.CCOc1ccc(Cc2cc3cc(N(C)C(=O)NC(C)C)cnc3n2CC2CCC2)cc1.CCOc1ccc(Cc2cc3cc(NC)cnc3n2CC2CCC2)cc1. The van der Waals surface area contributed by atoms with Gasteiger partial charge in [0.1, 0.15) is 22.8 Å². The summed E-state index contributed by atoms with van der Waals surface area (Å²) in [6.45, 7) is 15.0. The Morgan fingerprint density at radius 1 is 0.766 bits per heavy atom. The minimum Gasteiger partial charge on any atom is -0.494 e. The van der Waals surface area contributed by atoms with Crippen molar-refractivity contribution >= 4 is 45.6 Å². The molecule has 0 saturated heterocycles. The smallest absolute Gasteiger partial charge is 0.321 e. The first-order valence-electron chi connectivity index (χ1n) is 23.2. The first kappa shape index (κ1) is 47.4. The maximum atomic E-state index is 12.4. The molecule has 6 aromatic rings. The number of nitrogens with one attached hydrogen (secondary N) is 2. The molecule has 2 aromatic carbocycles. The lowest BCUT2D eigenvalue weighted by molar-refractivity contribution is 0.245. The van der Waals surface area contributed by atoms with Crippen LogP contribution in [0.15, 0.2) is 90.2 Å². The van der Waals surface area contributed by atoms with Gasteiger partial charge in [-0.25, -0.2) is 24.5 Å². The van der Waals surface area contributed by atoms with Gasteiger partial charge in [-0.2, -0.15) is 0 Å². The lowest BCUT2D eigenvalue weighted by Crippen LogP contribution is -2.40. The third-order valence-electron chi connectivity index (χ3n) is 11.9. The molecule has 0 spiro atoms. The second kappa shape index (κ2) is 23.0. The summed E-state index contributed by atoms with van der Waals surface area (Å²) in [7, 11) is 3.72. The van der Waals surface area contributed by atoms with Gasteiger partial charge in [0, 0.05) is 68.2 Å². The van der Waals surface area contributed by atoms with Crippen molar-refractivity contribution < 1.29 is 19.1 Å². The topological polar surface area (TPSA) is 128 Å². The summed E-state index contributed by atoms with van der Waals surface area (Å²) < 4.78 is 16.0. The zero-order valence-electron chi connectivity index (χ0n) is 39.2. The molecule has 8 rings (SSSR count). The Labute approximate surface area is 379 Å². The molecule has 0 unspecified atom stereocenters. The van der Waals surface area contributed by atoms with Crippen molar-refractivity contribution in [2.45, 2.75) is 118 Å². The van der Waals surface area contributed by atoms with Crippen LogP contribution in [0.4, 0.5) is 16.2 Å². The lowest BCUT2D eigenvalue weighted by Gasteiger charge is -2.27. The summed E-state index contributed by atoms with van der Waals surface area (Å²) in [4.78, 5) is 36.3. The van der Waals surface area contributed by atoms with Gasteiger partial charge in [-0.05, 0) is 139 Å². The Bertz CT molecular complexity index is 2460. The van der Waals surface area contributed by atoms with Gasteiger partial charge < -0.3 is 29.2 Å². The molecule has 0 bridgehead atoms. The number of hydrogen-bond donors (Lipinski definition) is 2. The number of carbonyl (C=O) groups is 1. The van der Waals surface area contributed by atoms with Crippen LogP contribution in [-0.2, 0) is 30.7 Å². The molecule has 0 aliphatic heterocycles. The fourth-order valence-electron chi connectivity index (χ4n) is 8.00. The van der Waals surface area contributed by atoms with Crippen LogP contribution in [-0.4, -0.2) is 70.6 Å². The molecular formula is C52H68N8O4. The molecule has 2 amide bonds. The molecule has 2 aliphatic rings. The monoisotopic (exact) mass is 869 g/mol. The molecule has 2 fully saturated rings. The first-order chi connectivity index (χ1) is 31.0. The van der Waals surface area contributed by atoms with Crippen LogP contribution in [0.1, 0.15) is 103 Å². The van der Waals surface area contributed by atoms with Crippen LogP contribution in [0, 0.1) is 11.8 Å². The number of carbonyl (C=O) groups excluding carboxylic acids is 2. The molecule has 0 radical (unpaired) electrons. The molecule has 0 atom stereocenters. The van der Waals surface area contributed by atoms with Crippen molar-refractivity contribution in [2.24, 2.45) is 16.8 Å². The molecule has 2 N–H and O–H groups in total. The van der Waals surface area contributed by atoms with Crippen molar-refractivity contribution in [1.82, 2.24) is 24.4 Å². The van der Waals surface area contributed by atoms with Crippen molar-refractivity contribution in [3.63, 3.8) is 0 Å². The van der Waals surface area contributed by atoms with Crippen molar-refractivity contribution in [3.8, 4) is 11.5 Å². The van der Waals surface area contributed by atoms with Crippen LogP contribution in [0.2, 0.25) is 0 Å². The van der Waals surface area contributed by atoms with Crippen LogP contribution in [0.25, 0.3) is 22.1 Å². The summed E-state index contributed by atoms with van der Waals surface area (Å²) in [6.07, 6.45) is 14.9. The van der Waals surface area contributed by atoms with E-state index in [9.17, 15) is 9.59 Å². The van der Waals surface area contributed by atoms with E-state index in [2.05, 4.69) is 85.4 Å². The van der Waals surface area contributed by atoms with E-state index in [1.165, 1.54) is 72.5 Å². The summed E-state index contributed by atoms with van der Waals surface area (Å²) in [5.41, 5.74) is 9.12. The predicted octanol–water partition coefficient (Wildman–Crippen LogP) is 11.0. The first-order valence-corrected chi connectivity index (χ1v) is 23.2. The van der Waals surface area contributed by atoms with Gasteiger partial charge in [0.15, 0.2) is 0 Å². The van der Waals surface area contributed by atoms with Gasteiger partial charge in [-0.15, -0.1) is 0 Å². The second-order valence-electron chi connectivity index (χ2n) is 17.6. The number of hydrogen-bond acceptors (Lipinski definition) is 8. The van der Waals surface area contributed by atoms with E-state index >= 15 is 0 Å². The average Bonchev–Trinajstić information content (AvgIpc) is 3.77. The molecule has 64 heavy (non-hydrogen) atoms. The highest BCUT2D eigenvalue weighted by atomic mass is 16.5. The number of amides is 2. The van der Waals surface area contributed by atoms with Crippen LogP contribution in [0.5, 0.6) is 11.5 Å². The zero-order chi connectivity index (χ0) is 45.6. The number of anilines is 2. The molecule has 2 aliphatic carbocycles. The Balaban J connectivity index is 0.000000192. The number of aliphatic imine (C=N–C) groups is 1. The average molecular weight is 869 g/mol. The summed E-state index contributed by atoms with van der Waals surface area (Å²) in [5, 5.41) is 8.43. The van der Waals surface area contributed by atoms with Crippen molar-refractivity contribution in [1.29, 1.82) is 0 Å². The van der Waals surface area contributed by atoms with E-state index in [-0.39, 0.29) is 18.1 Å². The third-order valence-corrected chi connectivity index (χ3v) is 11.9. The number of nitrogens with zero attached hydrogens (tertiary/aromatic N) is 6. The Kier molecular flexibility index (Phi) is 17.0. The van der Waals surface area contributed by atoms with E-state index in [0.717, 1.165) is 77.3 Å². The molecule has 12 heteroatoms. The van der Waals surface area contributed by atoms with Gasteiger partial charge in [0.05, 0.1) is 43.0 Å². The number of ether oxygens (including phenoxy) is 2. The third kappa shape index (κ3) is 12.7. The van der Waals surface area contributed by atoms with Crippen LogP contribution >= 0.6 is 0 Å². The van der Waals surface area contributed by atoms with Gasteiger partial charge in [0.25, 0.3) is 0 Å². The minimum absolute atomic E-state index is 0.0888. The standard InChI is InChI=1S/C26H34N4O2.C22H27N3O.C4H7NO/c1-5-32-24-11-9-19(10-12-24)13-22-14-21-15-23(29(4)26(31)28-18(2)3)16-27-25(21)30(22)17-20-7-6-8-20;1-3-26-21-9-7-16(8-10-21)11-20-13-18-12-19(23-2)14-24-22(18)25(20)15-17-5-4-6-17;1-4(2)5-3-6/h9-12,14-16,18,20H,5-8,13,17H2,1-4H3,(H,28,31);7-10,12-14,17,23H,3-6,11,15H2,1-2H3;4H,1-2H3. The number of pyridine rings is 2. The van der Waals surface area contributed by atoms with Gasteiger partial charge in [0.2, 0.25) is 6.08 Å². The predicted molar refractivity (Wildman–Crippen MR) is 260 cm³/mol. The highest BCUT2D eigenvalue weighted by molar-refractivity contribution is 5.93. The Hall–Kier alpha value is -6.13. The molecule has 2 saturated carbocycles. The molecule has 4 heterocycles. The van der Waals surface area contributed by atoms with Crippen molar-refractivity contribution in [3.05, 3.63) is 108 Å². The van der Waals surface area contributed by atoms with E-state index in [1.54, 1.807) is 18.1 Å². The summed E-state index contributed by atoms with van der Waals surface area (Å²) in [6, 6.07) is 25.7. The Morgan fingerprint density at radius 2 is 1.25 bits per heavy atom. The Morgan fingerprint density at radius 3 is 1.64 bits per heavy atom. The lowest BCUT2D eigenvalue weighted by atomic mass is 9.85. The van der Waals surface area contributed by atoms with Crippen LogP contribution in [0.3, 0.4) is 0 Å². The second-order valence-corrected chi connectivity index (χ2v) is 17.6. The highest BCUT2D eigenvalue weighted by Crippen LogP contribution is 2.33. The summed E-state index contributed by atoms with van der Waals surface area (Å²) in [5.74, 6) is 3.37. The largest absolute Gasteiger partial charge is 0.494 e. The number of urea groups is 1. The minimum atomic E-state index is -0.121. The quantitative estimate of drug-likeness (QED) is 0.0732. The number of rotatable bonds is 16. The zero-order valence-corrected chi connectivity index (χ0v) is 39.2. The summed E-state index contributed by atoms with van der Waals surface area (Å²) >= 11 is 0. The molecule has 4 aromatic heterocycles. The number of fused-ring (bicyclic) bond motifs is 2. The van der Waals surface area contributed by atoms with Gasteiger partial charge >= 0.3 is 6.03 Å². The maximum absolute atomic E-state index is 12.4. The molecule has 340 valence electrons. The highest BCUT2D eigenvalue weighted by Gasteiger charge is 2.23. The number of isocyanates is 1.